The Balaban J connectivity index is 1.30. The maximum absolute atomic E-state index is 12.8. The largest absolute Gasteiger partial charge is 0.486 e. The Morgan fingerprint density at radius 2 is 2.00 bits per heavy atom. The number of amides is 1. The summed E-state index contributed by atoms with van der Waals surface area (Å²) in [6.07, 6.45) is 1.72. The zero-order valence-corrected chi connectivity index (χ0v) is 16.4. The maximum Gasteiger partial charge on any atom is 0.251 e. The highest BCUT2D eigenvalue weighted by molar-refractivity contribution is 5.95. The zero-order chi connectivity index (χ0) is 19.8. The van der Waals surface area contributed by atoms with Crippen LogP contribution in [0.4, 0.5) is 0 Å². The van der Waals surface area contributed by atoms with Crippen LogP contribution >= 0.6 is 0 Å². The number of piperidine rings is 1. The highest BCUT2D eigenvalue weighted by atomic mass is 16.6. The summed E-state index contributed by atoms with van der Waals surface area (Å²) < 4.78 is 11.1. The van der Waals surface area contributed by atoms with Gasteiger partial charge in [0.25, 0.3) is 5.91 Å². The molecule has 7 heteroatoms. The molecule has 1 amide bonds. The second kappa shape index (κ2) is 7.40. The van der Waals surface area contributed by atoms with Crippen LogP contribution in [0.3, 0.4) is 0 Å². The van der Waals surface area contributed by atoms with Crippen LogP contribution in [0.25, 0.3) is 11.0 Å². The van der Waals surface area contributed by atoms with E-state index in [1.165, 1.54) is 0 Å². The lowest BCUT2D eigenvalue weighted by molar-refractivity contribution is 0.0883. The molecule has 2 N–H and O–H groups in total. The molecule has 2 aliphatic heterocycles. The first-order chi connectivity index (χ1) is 14.2. The zero-order valence-electron chi connectivity index (χ0n) is 16.4. The first-order valence-corrected chi connectivity index (χ1v) is 10.0. The average molecular weight is 392 g/mol. The molecule has 0 aliphatic carbocycles. The van der Waals surface area contributed by atoms with Gasteiger partial charge in [-0.3, -0.25) is 9.69 Å². The summed E-state index contributed by atoms with van der Waals surface area (Å²) in [6.45, 7) is 1.94. The van der Waals surface area contributed by atoms with Crippen LogP contribution in [-0.2, 0) is 0 Å². The lowest BCUT2D eigenvalue weighted by Gasteiger charge is -2.36. The van der Waals surface area contributed by atoms with Gasteiger partial charge in [0, 0.05) is 18.2 Å². The molecule has 0 saturated carbocycles. The first-order valence-electron chi connectivity index (χ1n) is 10.0. The van der Waals surface area contributed by atoms with Crippen LogP contribution in [0.1, 0.15) is 35.1 Å². The topological polar surface area (TPSA) is 79.5 Å². The number of rotatable bonds is 3. The lowest BCUT2D eigenvalue weighted by atomic mass is 9.96. The van der Waals surface area contributed by atoms with Gasteiger partial charge in [-0.05, 0) is 50.2 Å². The third-order valence-electron chi connectivity index (χ3n) is 5.73. The summed E-state index contributed by atoms with van der Waals surface area (Å²) in [5, 5.41) is 3.19. The molecule has 0 unspecified atom stereocenters. The molecule has 1 aromatic heterocycles. The van der Waals surface area contributed by atoms with Crippen LogP contribution in [0, 0.1) is 0 Å². The van der Waals surface area contributed by atoms with Crippen LogP contribution in [0.2, 0.25) is 0 Å². The minimum atomic E-state index is -0.0834. The van der Waals surface area contributed by atoms with E-state index < -0.39 is 0 Å². The number of aromatic amines is 1. The minimum absolute atomic E-state index is 0.0834. The Morgan fingerprint density at radius 3 is 2.86 bits per heavy atom. The summed E-state index contributed by atoms with van der Waals surface area (Å²) in [7, 11) is 2.11. The number of carbonyl (C=O) groups excluding carboxylic acids is 1. The highest BCUT2D eigenvalue weighted by Crippen LogP contribution is 2.32. The van der Waals surface area contributed by atoms with E-state index in [1.54, 1.807) is 18.2 Å². The summed E-state index contributed by atoms with van der Waals surface area (Å²) in [4.78, 5) is 23.3. The van der Waals surface area contributed by atoms with E-state index in [9.17, 15) is 4.79 Å². The van der Waals surface area contributed by atoms with Gasteiger partial charge in [-0.25, -0.2) is 4.98 Å². The van der Waals surface area contributed by atoms with E-state index in [2.05, 4.69) is 22.2 Å². The van der Waals surface area contributed by atoms with Crippen molar-refractivity contribution in [2.75, 3.05) is 26.8 Å². The van der Waals surface area contributed by atoms with E-state index in [4.69, 9.17) is 14.5 Å². The van der Waals surface area contributed by atoms with Crippen molar-refractivity contribution in [1.29, 1.82) is 0 Å². The molecule has 5 rings (SSSR count). The number of para-hydroxylation sites is 2. The van der Waals surface area contributed by atoms with E-state index in [-0.39, 0.29) is 18.0 Å². The summed E-state index contributed by atoms with van der Waals surface area (Å²) in [6, 6.07) is 13.6. The molecule has 3 aromatic rings. The number of ether oxygens (including phenoxy) is 2. The number of carbonyl (C=O) groups is 1. The van der Waals surface area contributed by atoms with Crippen molar-refractivity contribution in [2.45, 2.75) is 24.9 Å². The fourth-order valence-electron chi connectivity index (χ4n) is 4.12. The molecule has 29 heavy (non-hydrogen) atoms. The molecular weight excluding hydrogens is 368 g/mol. The highest BCUT2D eigenvalue weighted by Gasteiger charge is 2.30. The van der Waals surface area contributed by atoms with Gasteiger partial charge in [-0.2, -0.15) is 0 Å². The minimum Gasteiger partial charge on any atom is -0.486 e. The maximum atomic E-state index is 12.8. The van der Waals surface area contributed by atoms with Crippen LogP contribution in [-0.4, -0.2) is 53.6 Å². The second-order valence-corrected chi connectivity index (χ2v) is 7.69. The van der Waals surface area contributed by atoms with Gasteiger partial charge in [0.1, 0.15) is 19.0 Å². The van der Waals surface area contributed by atoms with Crippen molar-refractivity contribution in [1.82, 2.24) is 20.2 Å². The van der Waals surface area contributed by atoms with Crippen molar-refractivity contribution in [3.8, 4) is 11.5 Å². The van der Waals surface area contributed by atoms with Gasteiger partial charge in [-0.1, -0.05) is 12.1 Å². The van der Waals surface area contributed by atoms with Crippen LogP contribution in [0.15, 0.2) is 42.5 Å². The Morgan fingerprint density at radius 1 is 1.17 bits per heavy atom. The van der Waals surface area contributed by atoms with E-state index >= 15 is 0 Å². The molecule has 150 valence electrons. The quantitative estimate of drug-likeness (QED) is 0.717. The predicted octanol–water partition coefficient (Wildman–Crippen LogP) is 2.90. The van der Waals surface area contributed by atoms with Gasteiger partial charge < -0.3 is 19.8 Å². The van der Waals surface area contributed by atoms with Crippen molar-refractivity contribution in [3.05, 3.63) is 53.9 Å². The number of benzene rings is 2. The Bertz CT molecular complexity index is 1010. The number of H-pyrrole nitrogens is 1. The number of imidazole rings is 1. The number of hydrogen-bond donors (Lipinski definition) is 2. The number of aromatic nitrogens is 2. The predicted molar refractivity (Wildman–Crippen MR) is 109 cm³/mol. The van der Waals surface area contributed by atoms with Gasteiger partial charge in [0.2, 0.25) is 0 Å². The molecule has 2 aliphatic rings. The van der Waals surface area contributed by atoms with E-state index in [1.807, 2.05) is 24.3 Å². The monoisotopic (exact) mass is 392 g/mol. The summed E-state index contributed by atoms with van der Waals surface area (Å²) in [5.41, 5.74) is 2.60. The van der Waals surface area contributed by atoms with Crippen molar-refractivity contribution >= 4 is 16.9 Å². The Kier molecular flexibility index (Phi) is 4.60. The van der Waals surface area contributed by atoms with E-state index in [0.29, 0.717) is 30.3 Å². The number of likely N-dealkylation sites (tertiary alicyclic amines) is 1. The molecule has 2 aromatic carbocycles. The van der Waals surface area contributed by atoms with Crippen molar-refractivity contribution < 1.29 is 14.3 Å². The standard InChI is InChI=1S/C22H24N4O3/c1-26-9-8-15(13-18(26)21-24-16-4-2-3-5-17(16)25-21)23-22(27)14-6-7-19-20(12-14)29-11-10-28-19/h2-7,12,15,18H,8-11,13H2,1H3,(H,23,27)(H,24,25)/t15-,18+/m0/s1. The smallest absolute Gasteiger partial charge is 0.251 e. The number of hydrogen-bond acceptors (Lipinski definition) is 5. The summed E-state index contributed by atoms with van der Waals surface area (Å²) >= 11 is 0. The molecule has 2 atom stereocenters. The fraction of sp³-hybridized carbons (Fsp3) is 0.364. The van der Waals surface area contributed by atoms with Crippen molar-refractivity contribution in [2.24, 2.45) is 0 Å². The lowest BCUT2D eigenvalue weighted by Crippen LogP contribution is -2.45. The summed E-state index contributed by atoms with van der Waals surface area (Å²) in [5.74, 6) is 2.19. The molecule has 0 spiro atoms. The molecule has 1 saturated heterocycles. The first kappa shape index (κ1) is 18.0. The number of fused-ring (bicyclic) bond motifs is 2. The normalized spacial score (nSPS) is 21.8. The molecular formula is C22H24N4O3. The number of nitrogens with one attached hydrogen (secondary N) is 2. The fourth-order valence-corrected chi connectivity index (χ4v) is 4.12. The molecule has 3 heterocycles. The Hall–Kier alpha value is -3.06. The van der Waals surface area contributed by atoms with Gasteiger partial charge in [-0.15, -0.1) is 0 Å². The second-order valence-electron chi connectivity index (χ2n) is 7.69. The average Bonchev–Trinajstić information content (AvgIpc) is 3.18. The molecule has 1 fully saturated rings. The van der Waals surface area contributed by atoms with Gasteiger partial charge in [0.15, 0.2) is 11.5 Å². The van der Waals surface area contributed by atoms with Crippen LogP contribution < -0.4 is 14.8 Å². The third kappa shape index (κ3) is 3.53. The molecule has 0 radical (unpaired) electrons. The molecule has 0 bridgehead atoms. The van der Waals surface area contributed by atoms with Crippen LogP contribution in [0.5, 0.6) is 11.5 Å². The molecule has 7 nitrogen and oxygen atoms in total. The van der Waals surface area contributed by atoms with E-state index in [0.717, 1.165) is 36.2 Å². The third-order valence-corrected chi connectivity index (χ3v) is 5.73. The SMILES string of the molecule is CN1CC[C@H](NC(=O)c2ccc3c(c2)OCCO3)C[C@@H]1c1nc2ccccc2[nH]1. The number of nitrogens with zero attached hydrogens (tertiary/aromatic N) is 2. The van der Waals surface area contributed by atoms with Crippen molar-refractivity contribution in [3.63, 3.8) is 0 Å². The van der Waals surface area contributed by atoms with Gasteiger partial charge in [0.05, 0.1) is 17.1 Å². The Labute approximate surface area is 169 Å². The van der Waals surface area contributed by atoms with Gasteiger partial charge >= 0.3 is 0 Å².